The second kappa shape index (κ2) is 7.53. The molecule has 26 heavy (non-hydrogen) atoms. The molecule has 0 spiro atoms. The highest BCUT2D eigenvalue weighted by atomic mass is 32.2. The van der Waals surface area contributed by atoms with Crippen LogP contribution in [0.25, 0.3) is 10.6 Å². The van der Waals surface area contributed by atoms with Crippen molar-refractivity contribution in [2.75, 3.05) is 24.7 Å². The van der Waals surface area contributed by atoms with Crippen molar-refractivity contribution in [3.05, 3.63) is 22.7 Å². The van der Waals surface area contributed by atoms with Crippen molar-refractivity contribution in [3.63, 3.8) is 0 Å². The lowest BCUT2D eigenvalue weighted by Gasteiger charge is -2.30. The predicted octanol–water partition coefficient (Wildman–Crippen LogP) is 2.45. The number of aryl methyl sites for hydroxylation is 2. The van der Waals surface area contributed by atoms with Crippen LogP contribution >= 0.6 is 11.3 Å². The Hall–Kier alpha value is -1.65. The van der Waals surface area contributed by atoms with Crippen molar-refractivity contribution in [1.82, 2.24) is 19.3 Å². The molecule has 142 valence electrons. The average molecular weight is 400 g/mol. The van der Waals surface area contributed by atoms with E-state index >= 15 is 0 Å². The van der Waals surface area contributed by atoms with Crippen LogP contribution in [0.3, 0.4) is 0 Å². The Kier molecular flexibility index (Phi) is 5.54. The third-order valence-electron chi connectivity index (χ3n) is 4.36. The molecule has 1 N–H and O–H groups in total. The summed E-state index contributed by atoms with van der Waals surface area (Å²) in [6, 6.07) is 0.0556. The van der Waals surface area contributed by atoms with Gasteiger partial charge in [-0.15, -0.1) is 11.3 Å². The zero-order valence-corrected chi connectivity index (χ0v) is 16.6. The van der Waals surface area contributed by atoms with E-state index < -0.39 is 15.8 Å². The first-order chi connectivity index (χ1) is 12.3. The van der Waals surface area contributed by atoms with E-state index in [9.17, 15) is 12.8 Å². The third kappa shape index (κ3) is 4.18. The smallest absolute Gasteiger partial charge is 0.223 e. The van der Waals surface area contributed by atoms with Gasteiger partial charge in [0.15, 0.2) is 5.82 Å². The van der Waals surface area contributed by atoms with Crippen molar-refractivity contribution in [2.45, 2.75) is 39.2 Å². The average Bonchev–Trinajstić information content (AvgIpc) is 2.97. The molecule has 7 nitrogen and oxygen atoms in total. The Morgan fingerprint density at radius 3 is 2.62 bits per heavy atom. The van der Waals surface area contributed by atoms with E-state index in [1.54, 1.807) is 0 Å². The monoisotopic (exact) mass is 399 g/mol. The Morgan fingerprint density at radius 1 is 1.35 bits per heavy atom. The summed E-state index contributed by atoms with van der Waals surface area (Å²) in [6.07, 6.45) is 4.49. The molecule has 10 heteroatoms. The first-order valence-electron chi connectivity index (χ1n) is 8.48. The van der Waals surface area contributed by atoms with Crippen LogP contribution in [0.15, 0.2) is 6.20 Å². The van der Waals surface area contributed by atoms with E-state index in [0.29, 0.717) is 31.9 Å². The number of hydrogen-bond donors (Lipinski definition) is 1. The molecule has 1 fully saturated rings. The van der Waals surface area contributed by atoms with Crippen LogP contribution in [0, 0.1) is 12.7 Å². The van der Waals surface area contributed by atoms with Gasteiger partial charge in [0, 0.05) is 19.1 Å². The number of nitrogens with one attached hydrogen (secondary N) is 1. The van der Waals surface area contributed by atoms with Crippen molar-refractivity contribution < 1.29 is 12.8 Å². The summed E-state index contributed by atoms with van der Waals surface area (Å²) < 4.78 is 38.9. The van der Waals surface area contributed by atoms with Gasteiger partial charge >= 0.3 is 0 Å². The fraction of sp³-hybridized carbons (Fsp3) is 0.562. The molecule has 0 radical (unpaired) electrons. The van der Waals surface area contributed by atoms with Crippen LogP contribution in [0.2, 0.25) is 0 Å². The molecule has 3 heterocycles. The van der Waals surface area contributed by atoms with Gasteiger partial charge in [0.25, 0.3) is 0 Å². The summed E-state index contributed by atoms with van der Waals surface area (Å²) in [5.41, 5.74) is 1.02. The molecule has 0 atom stereocenters. The number of hydrogen-bond acceptors (Lipinski definition) is 7. The summed E-state index contributed by atoms with van der Waals surface area (Å²) in [4.78, 5) is 13.5. The van der Waals surface area contributed by atoms with E-state index in [4.69, 9.17) is 0 Å². The van der Waals surface area contributed by atoms with Crippen LogP contribution < -0.4 is 5.32 Å². The van der Waals surface area contributed by atoms with Gasteiger partial charge in [-0.25, -0.2) is 32.1 Å². The topological polar surface area (TPSA) is 88.1 Å². The quantitative estimate of drug-likeness (QED) is 0.831. The van der Waals surface area contributed by atoms with Gasteiger partial charge in [-0.1, -0.05) is 6.92 Å². The van der Waals surface area contributed by atoms with E-state index in [2.05, 4.69) is 20.3 Å². The number of piperidine rings is 1. The van der Waals surface area contributed by atoms with E-state index in [1.165, 1.54) is 28.1 Å². The second-order valence-electron chi connectivity index (χ2n) is 6.35. The molecule has 0 aromatic carbocycles. The SMILES string of the molecule is CCc1nc(C)c(-c2nc(NC3CCN(S(C)(=O)=O)CC3)ncc2F)s1. The lowest BCUT2D eigenvalue weighted by atomic mass is 10.1. The molecule has 3 rings (SSSR count). The summed E-state index contributed by atoms with van der Waals surface area (Å²) in [7, 11) is -3.16. The van der Waals surface area contributed by atoms with E-state index in [1.807, 2.05) is 13.8 Å². The number of rotatable bonds is 5. The van der Waals surface area contributed by atoms with Crippen LogP contribution in [-0.4, -0.2) is 53.1 Å². The third-order valence-corrected chi connectivity index (χ3v) is 6.97. The summed E-state index contributed by atoms with van der Waals surface area (Å²) in [6.45, 7) is 4.77. The zero-order valence-electron chi connectivity index (χ0n) is 15.0. The minimum absolute atomic E-state index is 0.0556. The van der Waals surface area contributed by atoms with Gasteiger partial charge in [0.2, 0.25) is 16.0 Å². The summed E-state index contributed by atoms with van der Waals surface area (Å²) in [5.74, 6) is -0.123. The Labute approximate surface area is 156 Å². The van der Waals surface area contributed by atoms with Crippen molar-refractivity contribution in [1.29, 1.82) is 0 Å². The molecule has 2 aromatic rings. The molecular weight excluding hydrogens is 377 g/mol. The minimum Gasteiger partial charge on any atom is -0.351 e. The first kappa shape index (κ1) is 19.1. The van der Waals surface area contributed by atoms with Crippen LogP contribution in [0.4, 0.5) is 10.3 Å². The Morgan fingerprint density at radius 2 is 2.04 bits per heavy atom. The van der Waals surface area contributed by atoms with Crippen molar-refractivity contribution in [3.8, 4) is 10.6 Å². The van der Waals surface area contributed by atoms with Crippen LogP contribution in [0.5, 0.6) is 0 Å². The highest BCUT2D eigenvalue weighted by Gasteiger charge is 2.25. The maximum absolute atomic E-state index is 14.3. The fourth-order valence-corrected chi connectivity index (χ4v) is 4.80. The summed E-state index contributed by atoms with van der Waals surface area (Å²) >= 11 is 1.44. The number of aromatic nitrogens is 3. The van der Waals surface area contributed by atoms with Crippen LogP contribution in [-0.2, 0) is 16.4 Å². The molecule has 1 aliphatic rings. The Bertz CT molecular complexity index is 892. The minimum atomic E-state index is -3.16. The maximum Gasteiger partial charge on any atom is 0.223 e. The molecule has 2 aromatic heterocycles. The second-order valence-corrected chi connectivity index (χ2v) is 9.41. The molecule has 0 amide bonds. The first-order valence-corrected chi connectivity index (χ1v) is 11.1. The molecule has 0 bridgehead atoms. The lowest BCUT2D eigenvalue weighted by Crippen LogP contribution is -2.42. The molecule has 1 saturated heterocycles. The Balaban J connectivity index is 1.75. The lowest BCUT2D eigenvalue weighted by molar-refractivity contribution is 0.331. The van der Waals surface area contributed by atoms with E-state index in [-0.39, 0.29) is 11.7 Å². The van der Waals surface area contributed by atoms with Gasteiger partial charge < -0.3 is 5.32 Å². The molecule has 0 saturated carbocycles. The highest BCUT2D eigenvalue weighted by Crippen LogP contribution is 2.31. The number of thiazole rings is 1. The zero-order chi connectivity index (χ0) is 18.9. The van der Waals surface area contributed by atoms with Gasteiger partial charge in [-0.05, 0) is 26.2 Å². The number of nitrogens with zero attached hydrogens (tertiary/aromatic N) is 4. The molecular formula is C16H22FN5O2S2. The van der Waals surface area contributed by atoms with Crippen molar-refractivity contribution in [2.24, 2.45) is 0 Å². The fourth-order valence-electron chi connectivity index (χ4n) is 2.93. The highest BCUT2D eigenvalue weighted by molar-refractivity contribution is 7.88. The normalized spacial score (nSPS) is 16.8. The molecule has 0 unspecified atom stereocenters. The number of sulfonamides is 1. The van der Waals surface area contributed by atoms with E-state index in [0.717, 1.165) is 22.0 Å². The largest absolute Gasteiger partial charge is 0.351 e. The van der Waals surface area contributed by atoms with Gasteiger partial charge in [-0.2, -0.15) is 0 Å². The molecule has 0 aliphatic carbocycles. The standard InChI is InChI=1S/C16H22FN5O2S2/c1-4-13-19-10(2)15(25-13)14-12(17)9-18-16(21-14)20-11-5-7-22(8-6-11)26(3,23)24/h9,11H,4-8H2,1-3H3,(H,18,20,21). The molecule has 1 aliphatic heterocycles. The van der Waals surface area contributed by atoms with Gasteiger partial charge in [0.1, 0.15) is 5.69 Å². The van der Waals surface area contributed by atoms with Crippen molar-refractivity contribution >= 4 is 27.3 Å². The van der Waals surface area contributed by atoms with Crippen LogP contribution in [0.1, 0.15) is 30.5 Å². The number of anilines is 1. The predicted molar refractivity (Wildman–Crippen MR) is 100 cm³/mol. The number of halogens is 1. The van der Waals surface area contributed by atoms with Gasteiger partial charge in [0.05, 0.1) is 28.0 Å². The van der Waals surface area contributed by atoms with Gasteiger partial charge in [-0.3, -0.25) is 0 Å². The maximum atomic E-state index is 14.3. The summed E-state index contributed by atoms with van der Waals surface area (Å²) in [5, 5.41) is 4.15.